The van der Waals surface area contributed by atoms with Crippen LogP contribution < -0.4 is 0 Å². The highest BCUT2D eigenvalue weighted by Crippen LogP contribution is 2.10. The van der Waals surface area contributed by atoms with E-state index in [-0.39, 0.29) is 22.3 Å². The molecule has 8 heteroatoms. The number of rotatable bonds is 8. The molecule has 0 atom stereocenters. The van der Waals surface area contributed by atoms with Gasteiger partial charge < -0.3 is 9.47 Å². The summed E-state index contributed by atoms with van der Waals surface area (Å²) in [5, 5.41) is 0. The maximum absolute atomic E-state index is 12.9. The SMILES string of the molecule is O=C(COC(=O)c1ccc(C(=O)OCC(=O)c2ccc(F)cc2)cc1)c1ccc(F)cc1. The van der Waals surface area contributed by atoms with Gasteiger partial charge in [-0.05, 0) is 72.8 Å². The van der Waals surface area contributed by atoms with E-state index in [1.54, 1.807) is 0 Å². The van der Waals surface area contributed by atoms with Crippen molar-refractivity contribution in [1.82, 2.24) is 0 Å². The minimum atomic E-state index is -0.785. The molecule has 0 saturated heterocycles. The first-order valence-electron chi connectivity index (χ1n) is 9.35. The van der Waals surface area contributed by atoms with Crippen LogP contribution in [0, 0.1) is 11.6 Å². The van der Waals surface area contributed by atoms with Gasteiger partial charge in [0.05, 0.1) is 11.1 Å². The van der Waals surface area contributed by atoms with E-state index in [4.69, 9.17) is 9.47 Å². The smallest absolute Gasteiger partial charge is 0.338 e. The second-order valence-corrected chi connectivity index (χ2v) is 6.59. The fraction of sp³-hybridized carbons (Fsp3) is 0.0833. The van der Waals surface area contributed by atoms with Crippen molar-refractivity contribution in [2.45, 2.75) is 0 Å². The van der Waals surface area contributed by atoms with Crippen LogP contribution in [0.3, 0.4) is 0 Å². The van der Waals surface area contributed by atoms with Gasteiger partial charge in [0, 0.05) is 11.1 Å². The van der Waals surface area contributed by atoms with Crippen molar-refractivity contribution in [2.75, 3.05) is 13.2 Å². The summed E-state index contributed by atoms with van der Waals surface area (Å²) in [6, 6.07) is 14.9. The second kappa shape index (κ2) is 10.2. The number of carbonyl (C=O) groups excluding carboxylic acids is 4. The molecule has 3 aromatic carbocycles. The summed E-state index contributed by atoms with van der Waals surface area (Å²) in [4.78, 5) is 48.1. The lowest BCUT2D eigenvalue weighted by Gasteiger charge is -2.07. The first-order chi connectivity index (χ1) is 15.3. The van der Waals surface area contributed by atoms with Gasteiger partial charge in [-0.25, -0.2) is 18.4 Å². The van der Waals surface area contributed by atoms with Crippen molar-refractivity contribution in [1.29, 1.82) is 0 Å². The standard InChI is InChI=1S/C24H16F2O6/c25-19-9-5-15(6-10-19)21(27)13-31-23(29)17-1-2-18(4-3-17)24(30)32-14-22(28)16-7-11-20(26)12-8-16/h1-12H,13-14H2. The minimum absolute atomic E-state index is 0.0934. The molecule has 0 aliphatic rings. The zero-order chi connectivity index (χ0) is 23.1. The normalized spacial score (nSPS) is 10.3. The molecule has 0 amide bonds. The lowest BCUT2D eigenvalue weighted by molar-refractivity contribution is 0.0467. The van der Waals surface area contributed by atoms with E-state index in [9.17, 15) is 28.0 Å². The number of ketones is 2. The Balaban J connectivity index is 1.51. The quantitative estimate of drug-likeness (QED) is 0.390. The molecular weight excluding hydrogens is 422 g/mol. The van der Waals surface area contributed by atoms with Gasteiger partial charge in [0.2, 0.25) is 0 Å². The van der Waals surface area contributed by atoms with E-state index >= 15 is 0 Å². The van der Waals surface area contributed by atoms with Crippen molar-refractivity contribution in [3.63, 3.8) is 0 Å². The Bertz CT molecular complexity index is 1040. The van der Waals surface area contributed by atoms with E-state index in [2.05, 4.69) is 0 Å². The molecule has 6 nitrogen and oxygen atoms in total. The minimum Gasteiger partial charge on any atom is -0.454 e. The van der Waals surface area contributed by atoms with E-state index in [0.717, 1.165) is 24.3 Å². The first kappa shape index (κ1) is 22.5. The molecule has 162 valence electrons. The summed E-state index contributed by atoms with van der Waals surface area (Å²) >= 11 is 0. The molecule has 0 bridgehead atoms. The maximum Gasteiger partial charge on any atom is 0.338 e. The van der Waals surface area contributed by atoms with Crippen LogP contribution in [0.15, 0.2) is 72.8 Å². The monoisotopic (exact) mass is 438 g/mol. The van der Waals surface area contributed by atoms with E-state index in [1.807, 2.05) is 0 Å². The molecule has 0 fully saturated rings. The van der Waals surface area contributed by atoms with Gasteiger partial charge in [-0.3, -0.25) is 9.59 Å². The summed E-state index contributed by atoms with van der Waals surface area (Å²) in [6.07, 6.45) is 0. The fourth-order valence-electron chi connectivity index (χ4n) is 2.61. The number of Topliss-reactive ketones (excluding diaryl/α,β-unsaturated/α-hetero) is 2. The second-order valence-electron chi connectivity index (χ2n) is 6.59. The Morgan fingerprint density at radius 3 is 1.09 bits per heavy atom. The van der Waals surface area contributed by atoms with Gasteiger partial charge in [0.1, 0.15) is 11.6 Å². The number of carbonyl (C=O) groups is 4. The number of hydrogen-bond donors (Lipinski definition) is 0. The molecule has 0 N–H and O–H groups in total. The van der Waals surface area contributed by atoms with Gasteiger partial charge >= 0.3 is 11.9 Å². The van der Waals surface area contributed by atoms with Crippen molar-refractivity contribution in [2.24, 2.45) is 0 Å². The van der Waals surface area contributed by atoms with Crippen molar-refractivity contribution in [3.05, 3.63) is 107 Å². The van der Waals surface area contributed by atoms with E-state index in [0.29, 0.717) is 0 Å². The molecule has 32 heavy (non-hydrogen) atoms. The number of hydrogen-bond acceptors (Lipinski definition) is 6. The Morgan fingerprint density at radius 1 is 0.500 bits per heavy atom. The molecule has 3 aromatic rings. The van der Waals surface area contributed by atoms with Crippen LogP contribution in [0.4, 0.5) is 8.78 Å². The highest BCUT2D eigenvalue weighted by atomic mass is 19.1. The van der Waals surface area contributed by atoms with E-state index in [1.165, 1.54) is 48.5 Å². The Labute approximate surface area is 181 Å². The number of halogens is 2. The molecule has 0 saturated carbocycles. The third kappa shape index (κ3) is 5.91. The molecule has 3 rings (SSSR count). The van der Waals surface area contributed by atoms with Crippen LogP contribution in [0.1, 0.15) is 41.4 Å². The Hall–Kier alpha value is -4.20. The predicted molar refractivity (Wildman–Crippen MR) is 108 cm³/mol. The number of esters is 2. The summed E-state index contributed by atoms with van der Waals surface area (Å²) in [6.45, 7) is -1.06. The zero-order valence-electron chi connectivity index (χ0n) is 16.5. The van der Waals surface area contributed by atoms with Crippen molar-refractivity contribution in [3.8, 4) is 0 Å². The average Bonchev–Trinajstić information content (AvgIpc) is 2.81. The van der Waals surface area contributed by atoms with Gasteiger partial charge in [0.15, 0.2) is 24.8 Å². The van der Waals surface area contributed by atoms with Gasteiger partial charge in [-0.15, -0.1) is 0 Å². The highest BCUT2D eigenvalue weighted by molar-refractivity contribution is 6.00. The summed E-state index contributed by atoms with van der Waals surface area (Å²) in [7, 11) is 0. The maximum atomic E-state index is 12.9. The highest BCUT2D eigenvalue weighted by Gasteiger charge is 2.15. The number of ether oxygens (including phenoxy) is 2. The fourth-order valence-corrected chi connectivity index (χ4v) is 2.61. The summed E-state index contributed by atoms with van der Waals surface area (Å²) < 4.78 is 35.7. The third-order valence-corrected chi connectivity index (χ3v) is 4.36. The lowest BCUT2D eigenvalue weighted by atomic mass is 10.1. The third-order valence-electron chi connectivity index (χ3n) is 4.36. The molecule has 0 aromatic heterocycles. The largest absolute Gasteiger partial charge is 0.454 e. The van der Waals surface area contributed by atoms with Gasteiger partial charge in [-0.2, -0.15) is 0 Å². The van der Waals surface area contributed by atoms with E-state index < -0.39 is 48.4 Å². The molecule has 0 spiro atoms. The lowest BCUT2D eigenvalue weighted by Crippen LogP contribution is -2.15. The topological polar surface area (TPSA) is 86.7 Å². The van der Waals surface area contributed by atoms with Gasteiger partial charge in [0.25, 0.3) is 0 Å². The van der Waals surface area contributed by atoms with Gasteiger partial charge in [-0.1, -0.05) is 0 Å². The Kier molecular flexibility index (Phi) is 7.17. The van der Waals surface area contributed by atoms with Crippen LogP contribution in [-0.4, -0.2) is 36.7 Å². The van der Waals surface area contributed by atoms with Crippen molar-refractivity contribution >= 4 is 23.5 Å². The average molecular weight is 438 g/mol. The Morgan fingerprint density at radius 2 is 0.781 bits per heavy atom. The van der Waals surface area contributed by atoms with Crippen LogP contribution in [-0.2, 0) is 9.47 Å². The van der Waals surface area contributed by atoms with Crippen LogP contribution >= 0.6 is 0 Å². The molecule has 0 unspecified atom stereocenters. The number of benzene rings is 3. The molecule has 0 aliphatic heterocycles. The van der Waals surface area contributed by atoms with Crippen LogP contribution in [0.2, 0.25) is 0 Å². The first-order valence-corrected chi connectivity index (χ1v) is 9.35. The molecule has 0 aliphatic carbocycles. The molecular formula is C24H16F2O6. The predicted octanol–water partition coefficient (Wildman–Crippen LogP) is 4.04. The van der Waals surface area contributed by atoms with Crippen LogP contribution in [0.5, 0.6) is 0 Å². The molecule has 0 radical (unpaired) electrons. The van der Waals surface area contributed by atoms with Crippen molar-refractivity contribution < 1.29 is 37.4 Å². The van der Waals surface area contributed by atoms with Crippen LogP contribution in [0.25, 0.3) is 0 Å². The molecule has 0 heterocycles. The summed E-state index contributed by atoms with van der Waals surface area (Å²) in [5.74, 6) is -3.54. The zero-order valence-corrected chi connectivity index (χ0v) is 16.5. The summed E-state index contributed by atoms with van der Waals surface area (Å²) in [5.41, 5.74) is 0.589.